The predicted molar refractivity (Wildman–Crippen MR) is 115 cm³/mol. The molecule has 2 aromatic rings. The Morgan fingerprint density at radius 3 is 2.61 bits per heavy atom. The van der Waals surface area contributed by atoms with Gasteiger partial charge in [0, 0.05) is 18.2 Å². The molecule has 0 radical (unpaired) electrons. The van der Waals surface area contributed by atoms with E-state index in [0.29, 0.717) is 6.54 Å². The normalized spacial score (nSPS) is 15.4. The lowest BCUT2D eigenvalue weighted by Crippen LogP contribution is -2.38. The molecule has 5 nitrogen and oxygen atoms in total. The summed E-state index contributed by atoms with van der Waals surface area (Å²) in [7, 11) is 0. The highest BCUT2D eigenvalue weighted by Crippen LogP contribution is 2.27. The van der Waals surface area contributed by atoms with Crippen LogP contribution in [0.5, 0.6) is 0 Å². The summed E-state index contributed by atoms with van der Waals surface area (Å²) in [4.78, 5) is 16.9. The molecule has 28 heavy (non-hydrogen) atoms. The van der Waals surface area contributed by atoms with E-state index in [1.165, 1.54) is 5.56 Å². The van der Waals surface area contributed by atoms with Crippen LogP contribution in [0.2, 0.25) is 0 Å². The zero-order chi connectivity index (χ0) is 19.8. The average Bonchev–Trinajstić information content (AvgIpc) is 2.66. The average molecular weight is 379 g/mol. The maximum absolute atomic E-state index is 12.2. The molecule has 0 aliphatic heterocycles. The first kappa shape index (κ1) is 19.9. The Hall–Kier alpha value is -2.82. The van der Waals surface area contributed by atoms with Crippen molar-refractivity contribution in [2.75, 3.05) is 11.9 Å². The third-order valence-electron chi connectivity index (χ3n) is 5.09. The van der Waals surface area contributed by atoms with Gasteiger partial charge >= 0.3 is 0 Å². The quantitative estimate of drug-likeness (QED) is 0.499. The smallest absolute Gasteiger partial charge is 0.227 e. The Bertz CT molecular complexity index is 799. The van der Waals surface area contributed by atoms with Crippen LogP contribution in [0.25, 0.3) is 0 Å². The maximum atomic E-state index is 12.2. The lowest BCUT2D eigenvalue weighted by Gasteiger charge is -2.24. The number of carbonyl (C=O) groups is 1. The molecule has 1 aliphatic carbocycles. The van der Waals surface area contributed by atoms with E-state index in [4.69, 9.17) is 4.99 Å². The summed E-state index contributed by atoms with van der Waals surface area (Å²) < 4.78 is 0. The fourth-order valence-electron chi connectivity index (χ4n) is 3.18. The fourth-order valence-corrected chi connectivity index (χ4v) is 3.18. The lowest BCUT2D eigenvalue weighted by atomic mass is 9.85. The SMILES string of the molecule is CCNC(=NCc1cccc(NC(=O)C2CCC2)c1)NC(C)c1ccccc1. The first-order chi connectivity index (χ1) is 13.7. The molecular weight excluding hydrogens is 348 g/mol. The molecule has 0 bridgehead atoms. The minimum Gasteiger partial charge on any atom is -0.357 e. The summed E-state index contributed by atoms with van der Waals surface area (Å²) in [5.74, 6) is 1.10. The van der Waals surface area contributed by atoms with Crippen LogP contribution in [0.15, 0.2) is 59.6 Å². The van der Waals surface area contributed by atoms with Crippen molar-refractivity contribution in [1.29, 1.82) is 0 Å². The summed E-state index contributed by atoms with van der Waals surface area (Å²) in [6, 6.07) is 18.4. The monoisotopic (exact) mass is 378 g/mol. The number of guanidine groups is 1. The number of rotatable bonds is 7. The first-order valence-corrected chi connectivity index (χ1v) is 10.2. The number of nitrogens with one attached hydrogen (secondary N) is 3. The van der Waals surface area contributed by atoms with E-state index in [-0.39, 0.29) is 17.9 Å². The summed E-state index contributed by atoms with van der Waals surface area (Å²) in [5, 5.41) is 9.78. The number of carbonyl (C=O) groups excluding carboxylic acids is 1. The molecule has 2 aromatic carbocycles. The third kappa shape index (κ3) is 5.59. The highest BCUT2D eigenvalue weighted by molar-refractivity contribution is 5.93. The molecule has 1 amide bonds. The van der Waals surface area contributed by atoms with Crippen molar-refractivity contribution in [3.8, 4) is 0 Å². The summed E-state index contributed by atoms with van der Waals surface area (Å²) in [6.45, 7) is 5.52. The number of hydrogen-bond acceptors (Lipinski definition) is 2. The summed E-state index contributed by atoms with van der Waals surface area (Å²) in [5.41, 5.74) is 3.13. The number of nitrogens with zero attached hydrogens (tertiary/aromatic N) is 1. The van der Waals surface area contributed by atoms with Gasteiger partial charge in [-0.25, -0.2) is 4.99 Å². The summed E-state index contributed by atoms with van der Waals surface area (Å²) in [6.07, 6.45) is 3.18. The van der Waals surface area contributed by atoms with Gasteiger partial charge in [-0.15, -0.1) is 0 Å². The second-order valence-electron chi connectivity index (χ2n) is 7.29. The van der Waals surface area contributed by atoms with E-state index in [2.05, 4.69) is 41.9 Å². The molecular formula is C23H30N4O. The number of hydrogen-bond donors (Lipinski definition) is 3. The fraction of sp³-hybridized carbons (Fsp3) is 0.391. The van der Waals surface area contributed by atoms with Crippen molar-refractivity contribution in [3.63, 3.8) is 0 Å². The maximum Gasteiger partial charge on any atom is 0.227 e. The highest BCUT2D eigenvalue weighted by atomic mass is 16.1. The van der Waals surface area contributed by atoms with Crippen molar-refractivity contribution in [2.45, 2.75) is 45.7 Å². The molecule has 0 saturated heterocycles. The molecule has 3 rings (SSSR count). The van der Waals surface area contributed by atoms with Gasteiger partial charge in [0.25, 0.3) is 0 Å². The van der Waals surface area contributed by atoms with E-state index < -0.39 is 0 Å². The molecule has 1 aliphatic rings. The van der Waals surface area contributed by atoms with E-state index >= 15 is 0 Å². The Kier molecular flexibility index (Phi) is 7.06. The van der Waals surface area contributed by atoms with E-state index in [1.54, 1.807) is 0 Å². The number of benzene rings is 2. The molecule has 3 N–H and O–H groups in total. The molecule has 1 atom stereocenters. The molecule has 0 spiro atoms. The standard InChI is InChI=1S/C23H30N4O/c1-3-24-23(26-17(2)19-10-5-4-6-11-19)25-16-18-9-7-14-21(15-18)27-22(28)20-12-8-13-20/h4-7,9-11,14-15,17,20H,3,8,12-13,16H2,1-2H3,(H,27,28)(H2,24,25,26). The minimum absolute atomic E-state index is 0.138. The van der Waals surface area contributed by atoms with Crippen molar-refractivity contribution in [3.05, 3.63) is 65.7 Å². The first-order valence-electron chi connectivity index (χ1n) is 10.2. The van der Waals surface area contributed by atoms with E-state index in [1.807, 2.05) is 42.5 Å². The van der Waals surface area contributed by atoms with E-state index in [0.717, 1.165) is 43.0 Å². The van der Waals surface area contributed by atoms with Crippen LogP contribution in [0.4, 0.5) is 5.69 Å². The van der Waals surface area contributed by atoms with Gasteiger partial charge in [0.05, 0.1) is 12.6 Å². The lowest BCUT2D eigenvalue weighted by molar-refractivity contribution is -0.122. The Morgan fingerprint density at radius 1 is 1.14 bits per heavy atom. The van der Waals surface area contributed by atoms with Crippen LogP contribution in [0.3, 0.4) is 0 Å². The van der Waals surface area contributed by atoms with Gasteiger partial charge in [-0.05, 0) is 49.9 Å². The minimum atomic E-state index is 0.138. The van der Waals surface area contributed by atoms with Crippen molar-refractivity contribution < 1.29 is 4.79 Å². The van der Waals surface area contributed by atoms with Crippen LogP contribution in [-0.2, 0) is 11.3 Å². The molecule has 1 fully saturated rings. The van der Waals surface area contributed by atoms with Gasteiger partial charge in [-0.3, -0.25) is 4.79 Å². The topological polar surface area (TPSA) is 65.5 Å². The number of amides is 1. The molecule has 5 heteroatoms. The molecule has 148 valence electrons. The van der Waals surface area contributed by atoms with Gasteiger partial charge in [0.2, 0.25) is 5.91 Å². The van der Waals surface area contributed by atoms with Crippen molar-refractivity contribution >= 4 is 17.6 Å². The molecule has 0 heterocycles. The molecule has 1 unspecified atom stereocenters. The Morgan fingerprint density at radius 2 is 1.93 bits per heavy atom. The zero-order valence-electron chi connectivity index (χ0n) is 16.7. The van der Waals surface area contributed by atoms with Crippen LogP contribution >= 0.6 is 0 Å². The van der Waals surface area contributed by atoms with Gasteiger partial charge < -0.3 is 16.0 Å². The van der Waals surface area contributed by atoms with Gasteiger partial charge in [0.1, 0.15) is 0 Å². The Balaban J connectivity index is 1.62. The van der Waals surface area contributed by atoms with Crippen molar-refractivity contribution in [1.82, 2.24) is 10.6 Å². The largest absolute Gasteiger partial charge is 0.357 e. The second kappa shape index (κ2) is 9.93. The third-order valence-corrected chi connectivity index (χ3v) is 5.09. The Labute approximate surface area is 167 Å². The second-order valence-corrected chi connectivity index (χ2v) is 7.29. The van der Waals surface area contributed by atoms with Crippen LogP contribution in [-0.4, -0.2) is 18.4 Å². The molecule has 0 aromatic heterocycles. The summed E-state index contributed by atoms with van der Waals surface area (Å²) >= 11 is 0. The van der Waals surface area contributed by atoms with Gasteiger partial charge in [-0.1, -0.05) is 48.9 Å². The molecule has 1 saturated carbocycles. The van der Waals surface area contributed by atoms with Crippen LogP contribution in [0.1, 0.15) is 50.3 Å². The van der Waals surface area contributed by atoms with Crippen LogP contribution < -0.4 is 16.0 Å². The predicted octanol–water partition coefficient (Wildman–Crippen LogP) is 4.24. The highest BCUT2D eigenvalue weighted by Gasteiger charge is 2.25. The van der Waals surface area contributed by atoms with E-state index in [9.17, 15) is 4.79 Å². The number of aliphatic imine (C=N–C) groups is 1. The van der Waals surface area contributed by atoms with Crippen molar-refractivity contribution in [2.24, 2.45) is 10.9 Å². The van der Waals surface area contributed by atoms with Gasteiger partial charge in [-0.2, -0.15) is 0 Å². The van der Waals surface area contributed by atoms with Gasteiger partial charge in [0.15, 0.2) is 5.96 Å². The van der Waals surface area contributed by atoms with Crippen LogP contribution in [0, 0.1) is 5.92 Å². The number of anilines is 1. The zero-order valence-corrected chi connectivity index (χ0v) is 16.7.